The molecule has 7 heteroatoms. The molecule has 4 unspecified atom stereocenters. The molecule has 0 aromatic rings. The van der Waals surface area contributed by atoms with Gasteiger partial charge in [0.25, 0.3) is 0 Å². The van der Waals surface area contributed by atoms with Gasteiger partial charge in [0.15, 0.2) is 0 Å². The van der Waals surface area contributed by atoms with E-state index in [2.05, 4.69) is 34.6 Å². The largest absolute Gasteiger partial charge is 0.462 e. The van der Waals surface area contributed by atoms with Crippen LogP contribution >= 0.6 is 0 Å². The molecule has 0 amide bonds. The minimum absolute atomic E-state index is 0.0274. The average Bonchev–Trinajstić information content (AvgIpc) is 3.18. The van der Waals surface area contributed by atoms with Crippen molar-refractivity contribution in [2.75, 3.05) is 0 Å². The Bertz CT molecular complexity index is 1130. The SMILES string of the molecule is CC(=O)OC1CC[C@]23CC24CC[C@]2(C)C([C@@]5(C)CC[C@@H](C(C)(C)O)O5)[C@@H](O)C[C@@]2(C)C4C[C@H](OC(C)=O)[C@H]3C1(C)C. The Morgan fingerprint density at radius 2 is 1.51 bits per heavy atom. The molecule has 0 bridgehead atoms. The molecule has 0 aromatic heterocycles. The summed E-state index contributed by atoms with van der Waals surface area (Å²) in [5.41, 5.74) is -1.80. The lowest BCUT2D eigenvalue weighted by molar-refractivity contribution is -0.224. The second-order valence-corrected chi connectivity index (χ2v) is 17.1. The summed E-state index contributed by atoms with van der Waals surface area (Å²) in [5, 5.41) is 22.7. The van der Waals surface area contributed by atoms with Crippen molar-refractivity contribution in [1.29, 1.82) is 0 Å². The standard InChI is InChI=1S/C34H54O7/c1-19(35)39-22-16-23-31(8)17-21(37)26(32(9)12-10-25(41-32)29(5,6)38)30(31,7)14-15-33(23)18-34(33)13-11-24(40-20(2)36)28(3,4)27(22)34/h21-27,37-38H,10-18H2,1-9H3/t21-,22-,23?,24?,25-,26?,27-,30+,31-,32+,33?,34+/m0/s1. The molecule has 2 N–H and O–H groups in total. The highest BCUT2D eigenvalue weighted by Gasteiger charge is 2.85. The zero-order valence-electron chi connectivity index (χ0n) is 26.8. The van der Waals surface area contributed by atoms with Crippen LogP contribution in [0.2, 0.25) is 0 Å². The number of hydrogen-bond acceptors (Lipinski definition) is 7. The normalized spacial score (nSPS) is 53.4. The second kappa shape index (κ2) is 8.72. The van der Waals surface area contributed by atoms with Crippen LogP contribution in [0.1, 0.15) is 120 Å². The number of esters is 2. The van der Waals surface area contributed by atoms with E-state index in [1.165, 1.54) is 13.8 Å². The summed E-state index contributed by atoms with van der Waals surface area (Å²) < 4.78 is 18.8. The molecule has 1 heterocycles. The van der Waals surface area contributed by atoms with Crippen molar-refractivity contribution in [2.24, 2.45) is 44.8 Å². The van der Waals surface area contributed by atoms with E-state index in [-0.39, 0.29) is 69.2 Å². The second-order valence-electron chi connectivity index (χ2n) is 17.1. The van der Waals surface area contributed by atoms with E-state index in [4.69, 9.17) is 14.2 Å². The van der Waals surface area contributed by atoms with Crippen LogP contribution in [0, 0.1) is 44.8 Å². The third-order valence-electron chi connectivity index (χ3n) is 14.3. The van der Waals surface area contributed by atoms with Crippen molar-refractivity contribution in [3.63, 3.8) is 0 Å². The minimum atomic E-state index is -0.921. The fraction of sp³-hybridized carbons (Fsp3) is 0.941. The van der Waals surface area contributed by atoms with E-state index < -0.39 is 17.3 Å². The summed E-state index contributed by atoms with van der Waals surface area (Å²) in [6, 6.07) is 0. The molecule has 6 rings (SSSR count). The third kappa shape index (κ3) is 3.79. The summed E-state index contributed by atoms with van der Waals surface area (Å²) >= 11 is 0. The van der Waals surface area contributed by atoms with Crippen molar-refractivity contribution in [3.8, 4) is 0 Å². The monoisotopic (exact) mass is 574 g/mol. The Kier molecular flexibility index (Phi) is 6.35. The highest BCUT2D eigenvalue weighted by Crippen LogP contribution is 2.89. The van der Waals surface area contributed by atoms with Gasteiger partial charge in [0.2, 0.25) is 0 Å². The van der Waals surface area contributed by atoms with Crippen molar-refractivity contribution in [2.45, 2.75) is 156 Å². The molecular weight excluding hydrogens is 520 g/mol. The van der Waals surface area contributed by atoms with Gasteiger partial charge in [-0.25, -0.2) is 0 Å². The fourth-order valence-electron chi connectivity index (χ4n) is 12.8. The van der Waals surface area contributed by atoms with Gasteiger partial charge in [-0.3, -0.25) is 9.59 Å². The van der Waals surface area contributed by atoms with Gasteiger partial charge in [0, 0.05) is 31.1 Å². The van der Waals surface area contributed by atoms with E-state index in [0.717, 1.165) is 57.8 Å². The lowest BCUT2D eigenvalue weighted by Gasteiger charge is -2.64. The van der Waals surface area contributed by atoms with Gasteiger partial charge in [-0.05, 0) is 106 Å². The summed E-state index contributed by atoms with van der Waals surface area (Å²) in [7, 11) is 0. The number of fused-ring (bicyclic) bond motifs is 2. The number of aliphatic hydroxyl groups excluding tert-OH is 1. The summed E-state index contributed by atoms with van der Waals surface area (Å²) in [6.45, 7) is 18.1. The quantitative estimate of drug-likeness (QED) is 0.423. The molecule has 5 saturated carbocycles. The lowest BCUT2D eigenvalue weighted by atomic mass is 9.41. The van der Waals surface area contributed by atoms with Gasteiger partial charge < -0.3 is 24.4 Å². The van der Waals surface area contributed by atoms with Gasteiger partial charge in [-0.15, -0.1) is 0 Å². The third-order valence-corrected chi connectivity index (χ3v) is 14.3. The Balaban J connectivity index is 1.38. The maximum atomic E-state index is 12.6. The van der Waals surface area contributed by atoms with Crippen LogP contribution in [0.5, 0.6) is 0 Å². The molecule has 232 valence electrons. The maximum absolute atomic E-state index is 12.6. The van der Waals surface area contributed by atoms with Gasteiger partial charge >= 0.3 is 11.9 Å². The van der Waals surface area contributed by atoms with Crippen LogP contribution < -0.4 is 0 Å². The smallest absolute Gasteiger partial charge is 0.302 e. The Labute approximate surface area is 246 Å². The number of hydrogen-bond donors (Lipinski definition) is 2. The molecular formula is C34H54O7. The van der Waals surface area contributed by atoms with E-state index >= 15 is 0 Å². The van der Waals surface area contributed by atoms with Gasteiger partial charge in [-0.2, -0.15) is 0 Å². The highest BCUT2D eigenvalue weighted by molar-refractivity contribution is 5.67. The number of carbonyl (C=O) groups excluding carboxylic acids is 2. The first-order valence-corrected chi connectivity index (χ1v) is 16.2. The van der Waals surface area contributed by atoms with Crippen LogP contribution in [0.4, 0.5) is 0 Å². The summed E-state index contributed by atoms with van der Waals surface area (Å²) in [5.74, 6) is -0.0675. The summed E-state index contributed by atoms with van der Waals surface area (Å²) in [6.07, 6.45) is 7.08. The molecule has 2 spiro atoms. The molecule has 5 aliphatic carbocycles. The molecule has 7 nitrogen and oxygen atoms in total. The van der Waals surface area contributed by atoms with E-state index in [9.17, 15) is 19.8 Å². The highest BCUT2D eigenvalue weighted by atomic mass is 16.6. The Morgan fingerprint density at radius 1 is 0.854 bits per heavy atom. The molecule has 1 aliphatic heterocycles. The molecule has 0 radical (unpaired) electrons. The molecule has 0 aromatic carbocycles. The maximum Gasteiger partial charge on any atom is 0.302 e. The number of rotatable bonds is 4. The van der Waals surface area contributed by atoms with Crippen LogP contribution in [0.15, 0.2) is 0 Å². The Hall–Kier alpha value is -1.18. The molecule has 41 heavy (non-hydrogen) atoms. The predicted molar refractivity (Wildman–Crippen MR) is 154 cm³/mol. The van der Waals surface area contributed by atoms with E-state index in [1.54, 1.807) is 0 Å². The zero-order chi connectivity index (χ0) is 30.2. The first-order chi connectivity index (χ1) is 18.8. The first kappa shape index (κ1) is 29.9. The van der Waals surface area contributed by atoms with Gasteiger partial charge in [0.05, 0.1) is 23.4 Å². The number of carbonyl (C=O) groups is 2. The van der Waals surface area contributed by atoms with Gasteiger partial charge in [-0.1, -0.05) is 27.7 Å². The average molecular weight is 575 g/mol. The first-order valence-electron chi connectivity index (χ1n) is 16.2. The molecule has 1 saturated heterocycles. The van der Waals surface area contributed by atoms with Gasteiger partial charge in [0.1, 0.15) is 12.2 Å². The number of aliphatic hydroxyl groups is 2. The van der Waals surface area contributed by atoms with E-state index in [0.29, 0.717) is 5.92 Å². The molecule has 6 aliphatic rings. The number of ether oxygens (including phenoxy) is 3. The minimum Gasteiger partial charge on any atom is -0.462 e. The van der Waals surface area contributed by atoms with Crippen molar-refractivity contribution in [1.82, 2.24) is 0 Å². The predicted octanol–water partition coefficient (Wildman–Crippen LogP) is 5.58. The Morgan fingerprint density at radius 3 is 2.10 bits per heavy atom. The molecule has 12 atom stereocenters. The van der Waals surface area contributed by atoms with Crippen molar-refractivity contribution >= 4 is 11.9 Å². The van der Waals surface area contributed by atoms with E-state index in [1.807, 2.05) is 13.8 Å². The van der Waals surface area contributed by atoms with Crippen LogP contribution in [-0.4, -0.2) is 57.8 Å². The van der Waals surface area contributed by atoms with Crippen LogP contribution in [0.3, 0.4) is 0 Å². The molecule has 6 fully saturated rings. The van der Waals surface area contributed by atoms with Crippen molar-refractivity contribution < 1.29 is 34.0 Å². The topological polar surface area (TPSA) is 102 Å². The van der Waals surface area contributed by atoms with Crippen molar-refractivity contribution in [3.05, 3.63) is 0 Å². The lowest BCUT2D eigenvalue weighted by Crippen LogP contribution is -2.63. The summed E-state index contributed by atoms with van der Waals surface area (Å²) in [4.78, 5) is 24.6. The fourth-order valence-corrected chi connectivity index (χ4v) is 12.8. The zero-order valence-corrected chi connectivity index (χ0v) is 26.8. The van der Waals surface area contributed by atoms with Crippen LogP contribution in [0.25, 0.3) is 0 Å². The van der Waals surface area contributed by atoms with Crippen LogP contribution in [-0.2, 0) is 23.8 Å².